The first-order valence-electron chi connectivity index (χ1n) is 9.92. The van der Waals surface area contributed by atoms with Gasteiger partial charge in [0.15, 0.2) is 0 Å². The number of hydrogen-bond donors (Lipinski definition) is 2. The lowest BCUT2D eigenvalue weighted by Crippen LogP contribution is -2.68. The molecular formula is C19H30N4O2. The first-order chi connectivity index (χ1) is 12.2. The van der Waals surface area contributed by atoms with Gasteiger partial charge >= 0.3 is 6.03 Å². The summed E-state index contributed by atoms with van der Waals surface area (Å²) in [6.07, 6.45) is 11.4. The van der Waals surface area contributed by atoms with E-state index in [4.69, 9.17) is 4.74 Å². The van der Waals surface area contributed by atoms with Gasteiger partial charge in [0.25, 0.3) is 0 Å². The van der Waals surface area contributed by atoms with E-state index in [-0.39, 0.29) is 17.5 Å². The van der Waals surface area contributed by atoms with Crippen LogP contribution in [0.25, 0.3) is 0 Å². The molecular weight excluding hydrogens is 316 g/mol. The molecule has 1 aromatic rings. The van der Waals surface area contributed by atoms with Crippen molar-refractivity contribution >= 4 is 6.03 Å². The quantitative estimate of drug-likeness (QED) is 0.831. The summed E-state index contributed by atoms with van der Waals surface area (Å²) in [5.74, 6) is 1.20. The molecule has 2 heterocycles. The molecule has 0 aromatic carbocycles. The molecule has 1 aliphatic heterocycles. The number of carbonyl (C=O) groups excluding carboxylic acids is 1. The molecule has 6 heteroatoms. The van der Waals surface area contributed by atoms with Crippen molar-refractivity contribution in [2.24, 2.45) is 5.41 Å². The standard InChI is InChI=1S/C19H30N4O2/c1-2-25-16-12-15(19(16)8-5-9-19)22-18(24)20-10-7-14-13-23-11-4-3-6-17(23)21-14/h13,15-16H,2-12H2,1H3,(H2,20,22,24)/t15-,16-/m0/s1. The van der Waals surface area contributed by atoms with Crippen LogP contribution in [0.1, 0.15) is 57.0 Å². The van der Waals surface area contributed by atoms with Crippen molar-refractivity contribution < 1.29 is 9.53 Å². The van der Waals surface area contributed by atoms with E-state index in [1.165, 1.54) is 37.9 Å². The fraction of sp³-hybridized carbons (Fsp3) is 0.789. The number of urea groups is 1. The number of imidazole rings is 1. The van der Waals surface area contributed by atoms with Crippen molar-refractivity contribution in [3.05, 3.63) is 17.7 Å². The molecule has 0 bridgehead atoms. The number of amides is 2. The van der Waals surface area contributed by atoms with Gasteiger partial charge in [-0.1, -0.05) is 6.42 Å². The third-order valence-corrected chi connectivity index (χ3v) is 6.37. The van der Waals surface area contributed by atoms with E-state index in [1.54, 1.807) is 0 Å². The minimum atomic E-state index is -0.0461. The van der Waals surface area contributed by atoms with Crippen LogP contribution in [0, 0.1) is 5.41 Å². The van der Waals surface area contributed by atoms with Gasteiger partial charge in [0.05, 0.1) is 11.8 Å². The van der Waals surface area contributed by atoms with Crippen LogP contribution in [0.4, 0.5) is 4.79 Å². The molecule has 1 aromatic heterocycles. The lowest BCUT2D eigenvalue weighted by molar-refractivity contribution is -0.169. The Morgan fingerprint density at radius 1 is 1.40 bits per heavy atom. The third kappa shape index (κ3) is 3.16. The Labute approximate surface area is 149 Å². The zero-order valence-corrected chi connectivity index (χ0v) is 15.2. The Balaban J connectivity index is 1.21. The molecule has 1 spiro atoms. The summed E-state index contributed by atoms with van der Waals surface area (Å²) < 4.78 is 8.11. The van der Waals surface area contributed by atoms with Gasteiger partial charge in [-0.2, -0.15) is 0 Å². The summed E-state index contributed by atoms with van der Waals surface area (Å²) in [5.41, 5.74) is 1.31. The smallest absolute Gasteiger partial charge is 0.315 e. The normalized spacial score (nSPS) is 26.4. The van der Waals surface area contributed by atoms with Crippen LogP contribution in [-0.2, 0) is 24.1 Å². The van der Waals surface area contributed by atoms with E-state index in [1.807, 2.05) is 6.92 Å². The number of nitrogens with zero attached hydrogens (tertiary/aromatic N) is 2. The number of aromatic nitrogens is 2. The zero-order valence-electron chi connectivity index (χ0n) is 15.2. The highest BCUT2D eigenvalue weighted by molar-refractivity contribution is 5.74. The van der Waals surface area contributed by atoms with Gasteiger partial charge < -0.3 is 19.9 Å². The summed E-state index contributed by atoms with van der Waals surface area (Å²) in [6.45, 7) is 4.53. The van der Waals surface area contributed by atoms with Crippen molar-refractivity contribution in [2.45, 2.75) is 77.0 Å². The summed E-state index contributed by atoms with van der Waals surface area (Å²) in [6, 6.07) is 0.230. The number of ether oxygens (including phenoxy) is 1. The predicted octanol–water partition coefficient (Wildman–Crippen LogP) is 2.41. The molecule has 2 saturated carbocycles. The molecule has 6 nitrogen and oxygen atoms in total. The zero-order chi connectivity index (χ0) is 17.3. The maximum atomic E-state index is 12.2. The highest BCUT2D eigenvalue weighted by Crippen LogP contribution is 2.57. The molecule has 2 amide bonds. The minimum Gasteiger partial charge on any atom is -0.378 e. The van der Waals surface area contributed by atoms with Crippen LogP contribution in [0.15, 0.2) is 6.20 Å². The fourth-order valence-corrected chi connectivity index (χ4v) is 4.75. The van der Waals surface area contributed by atoms with Crippen LogP contribution < -0.4 is 10.6 Å². The third-order valence-electron chi connectivity index (χ3n) is 6.37. The first kappa shape index (κ1) is 16.9. The van der Waals surface area contributed by atoms with Crippen molar-refractivity contribution in [1.82, 2.24) is 20.2 Å². The molecule has 138 valence electrons. The molecule has 2 aliphatic carbocycles. The van der Waals surface area contributed by atoms with Crippen LogP contribution in [0.3, 0.4) is 0 Å². The van der Waals surface area contributed by atoms with Gasteiger partial charge in [0.1, 0.15) is 5.82 Å². The van der Waals surface area contributed by atoms with Crippen LogP contribution in [0.5, 0.6) is 0 Å². The van der Waals surface area contributed by atoms with Gasteiger partial charge in [-0.15, -0.1) is 0 Å². The maximum absolute atomic E-state index is 12.2. The lowest BCUT2D eigenvalue weighted by atomic mass is 9.51. The van der Waals surface area contributed by atoms with E-state index in [0.717, 1.165) is 38.1 Å². The second kappa shape index (κ2) is 6.98. The summed E-state index contributed by atoms with van der Waals surface area (Å²) in [4.78, 5) is 16.9. The van der Waals surface area contributed by atoms with E-state index in [2.05, 4.69) is 26.4 Å². The highest BCUT2D eigenvalue weighted by Gasteiger charge is 2.59. The Morgan fingerprint density at radius 2 is 2.28 bits per heavy atom. The predicted molar refractivity (Wildman–Crippen MR) is 95.5 cm³/mol. The van der Waals surface area contributed by atoms with Crippen molar-refractivity contribution in [1.29, 1.82) is 0 Å². The van der Waals surface area contributed by atoms with Gasteiger partial charge in [-0.3, -0.25) is 0 Å². The van der Waals surface area contributed by atoms with Crippen molar-refractivity contribution in [3.8, 4) is 0 Å². The Bertz CT molecular complexity index is 599. The Hall–Kier alpha value is -1.56. The monoisotopic (exact) mass is 346 g/mol. The number of rotatable bonds is 6. The first-order valence-corrected chi connectivity index (χ1v) is 9.92. The number of fused-ring (bicyclic) bond motifs is 1. The molecule has 0 unspecified atom stereocenters. The van der Waals surface area contributed by atoms with E-state index in [9.17, 15) is 4.79 Å². The highest BCUT2D eigenvalue weighted by atomic mass is 16.5. The minimum absolute atomic E-state index is 0.0461. The van der Waals surface area contributed by atoms with Gasteiger partial charge in [-0.25, -0.2) is 9.78 Å². The molecule has 2 N–H and O–H groups in total. The maximum Gasteiger partial charge on any atom is 0.315 e. The molecule has 4 rings (SSSR count). The van der Waals surface area contributed by atoms with E-state index < -0.39 is 0 Å². The lowest BCUT2D eigenvalue weighted by Gasteiger charge is -2.60. The second-order valence-electron chi connectivity index (χ2n) is 7.77. The largest absolute Gasteiger partial charge is 0.378 e. The average Bonchev–Trinajstić information content (AvgIpc) is 2.95. The number of nitrogens with one attached hydrogen (secondary N) is 2. The van der Waals surface area contributed by atoms with Gasteiger partial charge in [0, 0.05) is 50.2 Å². The SMILES string of the molecule is CCO[C@H]1C[C@H](NC(=O)NCCc2cn3c(n2)CCCC3)C12CCC2. The fourth-order valence-electron chi connectivity index (χ4n) is 4.75. The average molecular weight is 346 g/mol. The number of hydrogen-bond acceptors (Lipinski definition) is 3. The Kier molecular flexibility index (Phi) is 4.71. The van der Waals surface area contributed by atoms with Crippen molar-refractivity contribution in [3.63, 3.8) is 0 Å². The van der Waals surface area contributed by atoms with Crippen LogP contribution in [0.2, 0.25) is 0 Å². The molecule has 0 saturated heterocycles. The molecule has 3 aliphatic rings. The second-order valence-corrected chi connectivity index (χ2v) is 7.77. The molecule has 2 fully saturated rings. The number of carbonyl (C=O) groups is 1. The molecule has 2 atom stereocenters. The van der Waals surface area contributed by atoms with Crippen LogP contribution in [-0.4, -0.2) is 40.9 Å². The van der Waals surface area contributed by atoms with Gasteiger partial charge in [-0.05, 0) is 39.0 Å². The topological polar surface area (TPSA) is 68.2 Å². The molecule has 0 radical (unpaired) electrons. The Morgan fingerprint density at radius 3 is 3.00 bits per heavy atom. The van der Waals surface area contributed by atoms with Gasteiger partial charge in [0.2, 0.25) is 0 Å². The summed E-state index contributed by atoms with van der Waals surface area (Å²) >= 11 is 0. The summed E-state index contributed by atoms with van der Waals surface area (Å²) in [7, 11) is 0. The molecule has 25 heavy (non-hydrogen) atoms. The summed E-state index contributed by atoms with van der Waals surface area (Å²) in [5, 5.41) is 6.18. The number of aryl methyl sites for hydroxylation is 2. The van der Waals surface area contributed by atoms with E-state index in [0.29, 0.717) is 12.6 Å². The van der Waals surface area contributed by atoms with Crippen LogP contribution >= 0.6 is 0 Å². The van der Waals surface area contributed by atoms with Crippen molar-refractivity contribution in [2.75, 3.05) is 13.2 Å². The van der Waals surface area contributed by atoms with E-state index >= 15 is 0 Å².